The fourth-order valence-electron chi connectivity index (χ4n) is 3.02. The lowest BCUT2D eigenvalue weighted by Gasteiger charge is -2.07. The minimum atomic E-state index is 0.417. The van der Waals surface area contributed by atoms with E-state index in [4.69, 9.17) is 14.0 Å². The van der Waals surface area contributed by atoms with E-state index >= 15 is 0 Å². The van der Waals surface area contributed by atoms with E-state index in [1.165, 1.54) is 0 Å². The molecule has 0 unspecified atom stereocenters. The third kappa shape index (κ3) is 3.89. The highest BCUT2D eigenvalue weighted by molar-refractivity contribution is 5.70. The smallest absolute Gasteiger partial charge is 0.250 e. The van der Waals surface area contributed by atoms with Crippen LogP contribution in [0, 0.1) is 0 Å². The molecular formula is C22H20N4O3. The zero-order valence-electron chi connectivity index (χ0n) is 16.4. The standard InChI is InChI=1S/C22H20N4O3/c1-26-18(11-12-23-26)16-5-4-6-17(14-16)22-24-21(29-25-22)10-8-15-7-9-19(27-2)20(13-15)28-3/h4-14H,1-3H3. The minimum Gasteiger partial charge on any atom is -0.493 e. The molecule has 0 spiro atoms. The molecular weight excluding hydrogens is 368 g/mol. The van der Waals surface area contributed by atoms with Gasteiger partial charge in [-0.3, -0.25) is 4.68 Å². The molecule has 4 rings (SSSR count). The Morgan fingerprint density at radius 2 is 1.76 bits per heavy atom. The van der Waals surface area contributed by atoms with Crippen LogP contribution in [0.15, 0.2) is 59.3 Å². The number of aromatic nitrogens is 4. The molecule has 0 amide bonds. The fourth-order valence-corrected chi connectivity index (χ4v) is 3.02. The van der Waals surface area contributed by atoms with Gasteiger partial charge in [-0.1, -0.05) is 29.4 Å². The Morgan fingerprint density at radius 3 is 2.52 bits per heavy atom. The minimum absolute atomic E-state index is 0.417. The van der Waals surface area contributed by atoms with Gasteiger partial charge in [-0.15, -0.1) is 0 Å². The molecule has 0 bridgehead atoms. The van der Waals surface area contributed by atoms with Crippen molar-refractivity contribution in [1.29, 1.82) is 0 Å². The van der Waals surface area contributed by atoms with Gasteiger partial charge < -0.3 is 14.0 Å². The summed E-state index contributed by atoms with van der Waals surface area (Å²) in [4.78, 5) is 4.47. The number of aryl methyl sites for hydroxylation is 1. The van der Waals surface area contributed by atoms with Crippen molar-refractivity contribution in [2.24, 2.45) is 7.05 Å². The van der Waals surface area contributed by atoms with Crippen molar-refractivity contribution in [3.8, 4) is 34.1 Å². The van der Waals surface area contributed by atoms with Crippen molar-refractivity contribution in [1.82, 2.24) is 19.9 Å². The molecule has 29 heavy (non-hydrogen) atoms. The van der Waals surface area contributed by atoms with E-state index in [0.717, 1.165) is 22.4 Å². The van der Waals surface area contributed by atoms with Crippen LogP contribution in [0.2, 0.25) is 0 Å². The highest BCUT2D eigenvalue weighted by Gasteiger charge is 2.10. The predicted octanol–water partition coefficient (Wildman–Crippen LogP) is 4.32. The lowest BCUT2D eigenvalue weighted by Crippen LogP contribution is -1.93. The lowest BCUT2D eigenvalue weighted by molar-refractivity contribution is 0.355. The Kier molecular flexibility index (Phi) is 5.11. The largest absolute Gasteiger partial charge is 0.493 e. The number of hydrogen-bond acceptors (Lipinski definition) is 6. The van der Waals surface area contributed by atoms with Crippen LogP contribution in [0.5, 0.6) is 11.5 Å². The van der Waals surface area contributed by atoms with E-state index in [-0.39, 0.29) is 0 Å². The van der Waals surface area contributed by atoms with E-state index in [2.05, 4.69) is 15.2 Å². The van der Waals surface area contributed by atoms with Crippen LogP contribution in [0.3, 0.4) is 0 Å². The number of ether oxygens (including phenoxy) is 2. The van der Waals surface area contributed by atoms with Crippen LogP contribution in [-0.2, 0) is 7.05 Å². The van der Waals surface area contributed by atoms with Crippen LogP contribution < -0.4 is 9.47 Å². The summed E-state index contributed by atoms with van der Waals surface area (Å²) < 4.78 is 17.8. The molecule has 0 fully saturated rings. The molecule has 0 aliphatic rings. The zero-order valence-corrected chi connectivity index (χ0v) is 16.4. The van der Waals surface area contributed by atoms with E-state index in [1.807, 2.05) is 66.3 Å². The second-order valence-corrected chi connectivity index (χ2v) is 6.32. The maximum Gasteiger partial charge on any atom is 0.250 e. The van der Waals surface area contributed by atoms with Gasteiger partial charge in [0.25, 0.3) is 5.89 Å². The monoisotopic (exact) mass is 388 g/mol. The maximum atomic E-state index is 5.38. The van der Waals surface area contributed by atoms with Crippen molar-refractivity contribution in [3.05, 3.63) is 66.2 Å². The SMILES string of the molecule is COc1ccc(C=Cc2nc(-c3cccc(-c4ccnn4C)c3)no2)cc1OC. The van der Waals surface area contributed by atoms with Gasteiger partial charge in [-0.05, 0) is 35.9 Å². The molecule has 2 aromatic carbocycles. The second kappa shape index (κ2) is 8.02. The van der Waals surface area contributed by atoms with Gasteiger partial charge in [0, 0.05) is 30.4 Å². The van der Waals surface area contributed by atoms with Gasteiger partial charge in [0.05, 0.1) is 19.9 Å². The van der Waals surface area contributed by atoms with Gasteiger partial charge in [0.1, 0.15) is 0 Å². The summed E-state index contributed by atoms with van der Waals surface area (Å²) in [5.41, 5.74) is 3.86. The summed E-state index contributed by atoms with van der Waals surface area (Å²) in [5.74, 6) is 2.28. The quantitative estimate of drug-likeness (QED) is 0.490. The summed E-state index contributed by atoms with van der Waals surface area (Å²) >= 11 is 0. The highest BCUT2D eigenvalue weighted by Crippen LogP contribution is 2.28. The molecule has 0 saturated carbocycles. The predicted molar refractivity (Wildman–Crippen MR) is 110 cm³/mol. The van der Waals surface area contributed by atoms with Crippen LogP contribution in [0.1, 0.15) is 11.5 Å². The molecule has 7 heteroatoms. The molecule has 0 atom stereocenters. The number of benzene rings is 2. The second-order valence-electron chi connectivity index (χ2n) is 6.32. The Bertz CT molecular complexity index is 1160. The molecule has 0 radical (unpaired) electrons. The summed E-state index contributed by atoms with van der Waals surface area (Å²) in [5, 5.41) is 8.32. The Hall–Kier alpha value is -3.87. The van der Waals surface area contributed by atoms with E-state index < -0.39 is 0 Å². The third-order valence-corrected chi connectivity index (χ3v) is 4.51. The normalized spacial score (nSPS) is 11.1. The molecule has 0 aliphatic carbocycles. The first-order valence-electron chi connectivity index (χ1n) is 9.00. The number of nitrogens with zero attached hydrogens (tertiary/aromatic N) is 4. The van der Waals surface area contributed by atoms with Crippen molar-refractivity contribution in [2.75, 3.05) is 14.2 Å². The molecule has 7 nitrogen and oxygen atoms in total. The molecule has 0 saturated heterocycles. The van der Waals surface area contributed by atoms with Gasteiger partial charge in [-0.25, -0.2) is 0 Å². The summed E-state index contributed by atoms with van der Waals surface area (Å²) in [6.45, 7) is 0. The topological polar surface area (TPSA) is 75.2 Å². The fraction of sp³-hybridized carbons (Fsp3) is 0.136. The Balaban J connectivity index is 1.56. The number of rotatable bonds is 6. The lowest BCUT2D eigenvalue weighted by atomic mass is 10.1. The average Bonchev–Trinajstić information content (AvgIpc) is 3.41. The van der Waals surface area contributed by atoms with E-state index in [1.54, 1.807) is 26.5 Å². The molecule has 2 heterocycles. The van der Waals surface area contributed by atoms with Gasteiger partial charge in [-0.2, -0.15) is 10.1 Å². The highest BCUT2D eigenvalue weighted by atomic mass is 16.5. The molecule has 2 aromatic heterocycles. The summed E-state index contributed by atoms with van der Waals surface area (Å²) in [6.07, 6.45) is 5.42. The summed E-state index contributed by atoms with van der Waals surface area (Å²) in [6, 6.07) is 15.6. The Morgan fingerprint density at radius 1 is 0.931 bits per heavy atom. The van der Waals surface area contributed by atoms with Gasteiger partial charge in [0.2, 0.25) is 5.82 Å². The first-order valence-corrected chi connectivity index (χ1v) is 9.00. The van der Waals surface area contributed by atoms with Crippen LogP contribution in [-0.4, -0.2) is 34.1 Å². The van der Waals surface area contributed by atoms with E-state index in [9.17, 15) is 0 Å². The zero-order chi connectivity index (χ0) is 20.2. The summed E-state index contributed by atoms with van der Waals surface area (Å²) in [7, 11) is 5.12. The van der Waals surface area contributed by atoms with Crippen molar-refractivity contribution in [3.63, 3.8) is 0 Å². The molecule has 0 N–H and O–H groups in total. The third-order valence-electron chi connectivity index (χ3n) is 4.51. The van der Waals surface area contributed by atoms with Crippen molar-refractivity contribution >= 4 is 12.2 Å². The van der Waals surface area contributed by atoms with Gasteiger partial charge in [0.15, 0.2) is 11.5 Å². The van der Waals surface area contributed by atoms with Gasteiger partial charge >= 0.3 is 0 Å². The first-order chi connectivity index (χ1) is 14.2. The van der Waals surface area contributed by atoms with Crippen LogP contribution in [0.25, 0.3) is 34.8 Å². The van der Waals surface area contributed by atoms with E-state index in [0.29, 0.717) is 23.2 Å². The van der Waals surface area contributed by atoms with Crippen molar-refractivity contribution in [2.45, 2.75) is 0 Å². The number of methoxy groups -OCH3 is 2. The van der Waals surface area contributed by atoms with Crippen molar-refractivity contribution < 1.29 is 14.0 Å². The van der Waals surface area contributed by atoms with Crippen LogP contribution >= 0.6 is 0 Å². The number of hydrogen-bond donors (Lipinski definition) is 0. The first kappa shape index (κ1) is 18.5. The molecule has 146 valence electrons. The average molecular weight is 388 g/mol. The Labute approximate surface area is 168 Å². The maximum absolute atomic E-state index is 5.38. The molecule has 0 aliphatic heterocycles. The van der Waals surface area contributed by atoms with Crippen LogP contribution in [0.4, 0.5) is 0 Å². The molecule has 4 aromatic rings.